The highest BCUT2D eigenvalue weighted by Crippen LogP contribution is 2.40. The van der Waals surface area contributed by atoms with Gasteiger partial charge in [0.25, 0.3) is 0 Å². The maximum Gasteiger partial charge on any atom is 0.203 e. The van der Waals surface area contributed by atoms with Gasteiger partial charge in [-0.2, -0.15) is 0 Å². The molecule has 0 amide bonds. The summed E-state index contributed by atoms with van der Waals surface area (Å²) in [5.74, 6) is 0. The Kier molecular flexibility index (Phi) is 12.9. The van der Waals surface area contributed by atoms with Crippen LogP contribution in [-0.2, 0) is 56.5 Å². The Hall–Kier alpha value is -4.45. The number of ether oxygens (including phenoxy) is 5. The van der Waals surface area contributed by atoms with Gasteiger partial charge in [-0.3, -0.25) is 0 Å². The van der Waals surface area contributed by atoms with Crippen LogP contribution in [0.15, 0.2) is 140 Å². The number of nitrogens with two attached hydrogens (primary N) is 1. The van der Waals surface area contributed by atoms with Crippen molar-refractivity contribution in [2.24, 2.45) is 0 Å². The van der Waals surface area contributed by atoms with E-state index in [1.807, 2.05) is 97.1 Å². The molecule has 1 aromatic heterocycles. The second-order valence-corrected chi connectivity index (χ2v) is 14.4. The van der Waals surface area contributed by atoms with Crippen molar-refractivity contribution in [3.05, 3.63) is 183 Å². The SMILES string of the molecule is Nc1nnc(Cc2cc([C@@H]3O[C@H](COCc4ccccc4)[C@@H](OCc4ccccc4)[C@H](OCc4ccccc4)[C@H]3OCc3ccccc3)ccc2Cl)s1. The zero-order valence-electron chi connectivity index (χ0n) is 29.2. The molecule has 0 saturated carbocycles. The van der Waals surface area contributed by atoms with Gasteiger partial charge in [-0.05, 0) is 39.4 Å². The van der Waals surface area contributed by atoms with E-state index in [2.05, 4.69) is 52.7 Å². The van der Waals surface area contributed by atoms with Gasteiger partial charge in [0.1, 0.15) is 35.5 Å². The van der Waals surface area contributed by atoms with E-state index >= 15 is 0 Å². The lowest BCUT2D eigenvalue weighted by atomic mass is 9.89. The molecule has 5 aromatic carbocycles. The monoisotopic (exact) mass is 747 g/mol. The molecule has 1 aliphatic heterocycles. The molecule has 2 N–H and O–H groups in total. The first-order valence-electron chi connectivity index (χ1n) is 17.7. The molecular formula is C43H42ClN3O5S. The molecule has 7 rings (SSSR count). The van der Waals surface area contributed by atoms with Gasteiger partial charge in [0.2, 0.25) is 5.13 Å². The third-order valence-corrected chi connectivity index (χ3v) is 10.2. The molecule has 0 aliphatic carbocycles. The zero-order valence-corrected chi connectivity index (χ0v) is 30.8. The highest BCUT2D eigenvalue weighted by molar-refractivity contribution is 7.15. The van der Waals surface area contributed by atoms with Crippen LogP contribution >= 0.6 is 22.9 Å². The molecule has 8 nitrogen and oxygen atoms in total. The summed E-state index contributed by atoms with van der Waals surface area (Å²) in [4.78, 5) is 0. The zero-order chi connectivity index (χ0) is 36.2. The summed E-state index contributed by atoms with van der Waals surface area (Å²) in [6.07, 6.45) is -2.25. The first-order chi connectivity index (χ1) is 26.1. The van der Waals surface area contributed by atoms with Crippen LogP contribution in [0.25, 0.3) is 0 Å². The molecule has 1 fully saturated rings. The molecule has 272 valence electrons. The van der Waals surface area contributed by atoms with Gasteiger partial charge in [-0.15, -0.1) is 10.2 Å². The molecule has 1 saturated heterocycles. The predicted octanol–water partition coefficient (Wildman–Crippen LogP) is 8.78. The van der Waals surface area contributed by atoms with Crippen LogP contribution in [0.4, 0.5) is 5.13 Å². The fourth-order valence-electron chi connectivity index (χ4n) is 6.47. The molecule has 0 radical (unpaired) electrons. The Morgan fingerprint density at radius 2 is 1.11 bits per heavy atom. The van der Waals surface area contributed by atoms with Crippen molar-refractivity contribution in [1.82, 2.24) is 10.2 Å². The lowest BCUT2D eigenvalue weighted by Gasteiger charge is -2.46. The normalized spacial score (nSPS) is 20.0. The second kappa shape index (κ2) is 18.5. The Morgan fingerprint density at radius 3 is 1.64 bits per heavy atom. The number of nitrogen functional groups attached to an aromatic ring is 1. The summed E-state index contributed by atoms with van der Waals surface area (Å²) in [6, 6.07) is 46.4. The minimum atomic E-state index is -0.573. The van der Waals surface area contributed by atoms with Gasteiger partial charge in [0, 0.05) is 11.4 Å². The van der Waals surface area contributed by atoms with Crippen LogP contribution in [0.3, 0.4) is 0 Å². The smallest absolute Gasteiger partial charge is 0.203 e. The summed E-state index contributed by atoms with van der Waals surface area (Å²) in [7, 11) is 0. The van der Waals surface area contributed by atoms with E-state index in [4.69, 9.17) is 41.0 Å². The Balaban J connectivity index is 1.26. The number of benzene rings is 5. The van der Waals surface area contributed by atoms with Crippen molar-refractivity contribution in [2.45, 2.75) is 63.4 Å². The fraction of sp³-hybridized carbons (Fsp3) is 0.256. The molecule has 53 heavy (non-hydrogen) atoms. The van der Waals surface area contributed by atoms with Crippen molar-refractivity contribution in [2.75, 3.05) is 12.3 Å². The largest absolute Gasteiger partial charge is 0.374 e. The number of nitrogens with zero attached hydrogens (tertiary/aromatic N) is 2. The summed E-state index contributed by atoms with van der Waals surface area (Å²) < 4.78 is 34.1. The molecule has 6 aromatic rings. The Labute approximate surface area is 319 Å². The van der Waals surface area contributed by atoms with E-state index in [1.165, 1.54) is 11.3 Å². The van der Waals surface area contributed by atoms with E-state index in [0.717, 1.165) is 38.4 Å². The van der Waals surface area contributed by atoms with Crippen molar-refractivity contribution < 1.29 is 23.7 Å². The number of halogens is 1. The summed E-state index contributed by atoms with van der Waals surface area (Å²) >= 11 is 8.13. The van der Waals surface area contributed by atoms with Crippen LogP contribution in [0.2, 0.25) is 5.02 Å². The van der Waals surface area contributed by atoms with E-state index < -0.39 is 30.5 Å². The highest BCUT2D eigenvalue weighted by Gasteiger charge is 2.49. The van der Waals surface area contributed by atoms with Gasteiger partial charge < -0.3 is 29.4 Å². The van der Waals surface area contributed by atoms with Crippen LogP contribution in [-0.4, -0.2) is 41.2 Å². The number of anilines is 1. The maximum atomic E-state index is 7.10. The predicted molar refractivity (Wildman–Crippen MR) is 207 cm³/mol. The molecule has 5 atom stereocenters. The van der Waals surface area contributed by atoms with Crippen LogP contribution in [0, 0.1) is 0 Å². The molecular weight excluding hydrogens is 706 g/mol. The highest BCUT2D eigenvalue weighted by atomic mass is 35.5. The van der Waals surface area contributed by atoms with Gasteiger partial charge >= 0.3 is 0 Å². The average molecular weight is 748 g/mol. The Bertz CT molecular complexity index is 1990. The quantitative estimate of drug-likeness (QED) is 0.105. The number of hydrogen-bond acceptors (Lipinski definition) is 9. The summed E-state index contributed by atoms with van der Waals surface area (Å²) in [5, 5.41) is 10.0. The summed E-state index contributed by atoms with van der Waals surface area (Å²) in [5.41, 5.74) is 11.9. The minimum absolute atomic E-state index is 0.270. The molecule has 10 heteroatoms. The first-order valence-corrected chi connectivity index (χ1v) is 18.9. The topological polar surface area (TPSA) is 98.0 Å². The molecule has 0 unspecified atom stereocenters. The molecule has 0 bridgehead atoms. The maximum absolute atomic E-state index is 7.10. The van der Waals surface area contributed by atoms with Crippen LogP contribution < -0.4 is 5.73 Å². The molecule has 1 aliphatic rings. The van der Waals surface area contributed by atoms with E-state index in [9.17, 15) is 0 Å². The standard InChI is InChI=1S/C43H42ClN3O5S/c44-36-22-21-34(23-35(36)24-38-46-47-43(45)53-38)39-41(50-27-32-17-9-3-10-18-32)42(51-28-33-19-11-4-12-20-33)40(49-26-31-15-7-2-8-16-31)37(52-39)29-48-25-30-13-5-1-6-14-30/h1-23,37,39-42H,24-29H2,(H2,45,47)/t37-,39+,40-,41+,42+/m1/s1. The van der Waals surface area contributed by atoms with Crippen molar-refractivity contribution in [3.8, 4) is 0 Å². The van der Waals surface area contributed by atoms with Gasteiger partial charge in [0.15, 0.2) is 0 Å². The van der Waals surface area contributed by atoms with Gasteiger partial charge in [-0.1, -0.05) is 156 Å². The first kappa shape index (κ1) is 36.9. The number of aromatic nitrogens is 2. The minimum Gasteiger partial charge on any atom is -0.374 e. The van der Waals surface area contributed by atoms with E-state index in [0.29, 0.717) is 43.0 Å². The number of hydrogen-bond donors (Lipinski definition) is 1. The van der Waals surface area contributed by atoms with E-state index in [-0.39, 0.29) is 6.61 Å². The number of rotatable bonds is 16. The third-order valence-electron chi connectivity index (χ3n) is 9.11. The Morgan fingerprint density at radius 1 is 0.604 bits per heavy atom. The fourth-order valence-corrected chi connectivity index (χ4v) is 7.28. The van der Waals surface area contributed by atoms with Gasteiger partial charge in [-0.25, -0.2) is 0 Å². The van der Waals surface area contributed by atoms with Crippen LogP contribution in [0.5, 0.6) is 0 Å². The van der Waals surface area contributed by atoms with E-state index in [1.54, 1.807) is 0 Å². The second-order valence-electron chi connectivity index (χ2n) is 12.9. The summed E-state index contributed by atoms with van der Waals surface area (Å²) in [6.45, 7) is 1.77. The lowest BCUT2D eigenvalue weighted by Crippen LogP contribution is -2.58. The van der Waals surface area contributed by atoms with Gasteiger partial charge in [0.05, 0.1) is 33.0 Å². The average Bonchev–Trinajstić information content (AvgIpc) is 3.62. The van der Waals surface area contributed by atoms with Crippen molar-refractivity contribution in [3.63, 3.8) is 0 Å². The van der Waals surface area contributed by atoms with Crippen LogP contribution in [0.1, 0.15) is 44.5 Å². The van der Waals surface area contributed by atoms with Crippen molar-refractivity contribution >= 4 is 28.1 Å². The third kappa shape index (κ3) is 10.2. The van der Waals surface area contributed by atoms with Crippen molar-refractivity contribution in [1.29, 1.82) is 0 Å². The molecule has 0 spiro atoms. The lowest BCUT2D eigenvalue weighted by molar-refractivity contribution is -0.275. The molecule has 2 heterocycles.